The van der Waals surface area contributed by atoms with Crippen molar-refractivity contribution in [2.75, 3.05) is 13.2 Å². The van der Waals surface area contributed by atoms with Gasteiger partial charge in [-0.3, -0.25) is 4.79 Å². The van der Waals surface area contributed by atoms with Crippen LogP contribution in [-0.2, 0) is 16.0 Å². The summed E-state index contributed by atoms with van der Waals surface area (Å²) in [6.07, 6.45) is 0.570. The molecule has 16 heavy (non-hydrogen) atoms. The second kappa shape index (κ2) is 5.09. The zero-order valence-corrected chi connectivity index (χ0v) is 9.06. The highest BCUT2D eigenvalue weighted by molar-refractivity contribution is 5.82. The Morgan fingerprint density at radius 1 is 1.44 bits per heavy atom. The van der Waals surface area contributed by atoms with Gasteiger partial charge in [-0.15, -0.1) is 0 Å². The number of benzene rings is 1. The minimum absolute atomic E-state index is 0.0999. The van der Waals surface area contributed by atoms with Gasteiger partial charge in [0, 0.05) is 0 Å². The van der Waals surface area contributed by atoms with Crippen molar-refractivity contribution in [1.82, 2.24) is 5.32 Å². The molecule has 4 heteroatoms. The highest BCUT2D eigenvalue weighted by atomic mass is 16.5. The van der Waals surface area contributed by atoms with Gasteiger partial charge >= 0.3 is 0 Å². The number of ether oxygens (including phenoxy) is 1. The lowest BCUT2D eigenvalue weighted by molar-refractivity contribution is -0.126. The number of rotatable bonds is 4. The third-order valence-corrected chi connectivity index (χ3v) is 2.62. The van der Waals surface area contributed by atoms with E-state index < -0.39 is 6.04 Å². The summed E-state index contributed by atoms with van der Waals surface area (Å²) in [6, 6.07) is 9.44. The largest absolute Gasteiger partial charge is 0.377 e. The quantitative estimate of drug-likeness (QED) is 0.754. The summed E-state index contributed by atoms with van der Waals surface area (Å²) in [7, 11) is 0. The topological polar surface area (TPSA) is 64.4 Å². The van der Waals surface area contributed by atoms with Crippen molar-refractivity contribution >= 4 is 5.91 Å². The smallest absolute Gasteiger partial charge is 0.237 e. The van der Waals surface area contributed by atoms with Crippen molar-refractivity contribution < 1.29 is 9.53 Å². The van der Waals surface area contributed by atoms with E-state index >= 15 is 0 Å². The Balaban J connectivity index is 1.82. The van der Waals surface area contributed by atoms with Gasteiger partial charge in [-0.05, 0) is 12.0 Å². The molecule has 1 atom stereocenters. The average Bonchev–Trinajstić information content (AvgIpc) is 2.24. The van der Waals surface area contributed by atoms with Crippen LogP contribution in [0.4, 0.5) is 0 Å². The molecule has 1 amide bonds. The summed E-state index contributed by atoms with van der Waals surface area (Å²) < 4.78 is 4.98. The molecule has 1 saturated heterocycles. The van der Waals surface area contributed by atoms with Crippen molar-refractivity contribution in [2.24, 2.45) is 5.73 Å². The average molecular weight is 220 g/mol. The summed E-state index contributed by atoms with van der Waals surface area (Å²) >= 11 is 0. The molecule has 4 nitrogen and oxygen atoms in total. The minimum Gasteiger partial charge on any atom is -0.377 e. The molecule has 1 fully saturated rings. The first kappa shape index (κ1) is 11.1. The number of carbonyl (C=O) groups is 1. The Labute approximate surface area is 94.8 Å². The van der Waals surface area contributed by atoms with Gasteiger partial charge in [0.2, 0.25) is 5.91 Å². The van der Waals surface area contributed by atoms with E-state index in [1.54, 1.807) is 0 Å². The van der Waals surface area contributed by atoms with Gasteiger partial charge in [0.25, 0.3) is 0 Å². The van der Waals surface area contributed by atoms with Crippen LogP contribution in [0.5, 0.6) is 0 Å². The van der Waals surface area contributed by atoms with Crippen LogP contribution in [0.25, 0.3) is 0 Å². The van der Waals surface area contributed by atoms with Gasteiger partial charge in [-0.1, -0.05) is 30.3 Å². The Bertz CT molecular complexity index is 349. The zero-order valence-electron chi connectivity index (χ0n) is 9.06. The van der Waals surface area contributed by atoms with E-state index in [0.717, 1.165) is 5.56 Å². The first-order valence-electron chi connectivity index (χ1n) is 5.43. The molecule has 0 aliphatic carbocycles. The third kappa shape index (κ3) is 2.81. The van der Waals surface area contributed by atoms with Crippen LogP contribution >= 0.6 is 0 Å². The van der Waals surface area contributed by atoms with Crippen LogP contribution in [0.1, 0.15) is 5.56 Å². The molecular weight excluding hydrogens is 204 g/mol. The van der Waals surface area contributed by atoms with Gasteiger partial charge in [-0.25, -0.2) is 0 Å². The fourth-order valence-corrected chi connectivity index (χ4v) is 1.59. The number of nitrogens with one attached hydrogen (secondary N) is 1. The van der Waals surface area contributed by atoms with Crippen LogP contribution in [-0.4, -0.2) is 31.2 Å². The highest BCUT2D eigenvalue weighted by Gasteiger charge is 2.23. The van der Waals surface area contributed by atoms with Gasteiger partial charge < -0.3 is 15.8 Å². The van der Waals surface area contributed by atoms with Crippen LogP contribution in [0.2, 0.25) is 0 Å². The summed E-state index contributed by atoms with van der Waals surface area (Å²) in [5.74, 6) is -0.0999. The predicted molar refractivity (Wildman–Crippen MR) is 60.9 cm³/mol. The number of hydrogen-bond donors (Lipinski definition) is 2. The molecule has 3 N–H and O–H groups in total. The summed E-state index contributed by atoms with van der Waals surface area (Å²) in [5.41, 5.74) is 6.90. The Morgan fingerprint density at radius 2 is 2.12 bits per heavy atom. The molecular formula is C12H16N2O2. The van der Waals surface area contributed by atoms with E-state index in [9.17, 15) is 4.79 Å². The molecule has 0 bridgehead atoms. The summed E-state index contributed by atoms with van der Waals surface area (Å²) in [4.78, 5) is 11.7. The molecule has 0 saturated carbocycles. The van der Waals surface area contributed by atoms with Gasteiger partial charge in [0.1, 0.15) is 0 Å². The first-order valence-corrected chi connectivity index (χ1v) is 5.43. The van der Waals surface area contributed by atoms with Gasteiger partial charge in [-0.2, -0.15) is 0 Å². The third-order valence-electron chi connectivity index (χ3n) is 2.62. The molecule has 1 aromatic rings. The van der Waals surface area contributed by atoms with Crippen molar-refractivity contribution in [3.05, 3.63) is 35.9 Å². The van der Waals surface area contributed by atoms with Crippen LogP contribution in [0.3, 0.4) is 0 Å². The normalized spacial score (nSPS) is 17.6. The summed E-state index contributed by atoms with van der Waals surface area (Å²) in [6.45, 7) is 1.20. The molecule has 1 aliphatic rings. The Morgan fingerprint density at radius 3 is 2.69 bits per heavy atom. The molecule has 0 spiro atoms. The van der Waals surface area contributed by atoms with Crippen LogP contribution in [0, 0.1) is 0 Å². The second-order valence-corrected chi connectivity index (χ2v) is 4.04. The number of hydrogen-bond acceptors (Lipinski definition) is 3. The summed E-state index contributed by atoms with van der Waals surface area (Å²) in [5, 5.41) is 2.85. The van der Waals surface area contributed by atoms with Gasteiger partial charge in [0.05, 0.1) is 25.3 Å². The van der Waals surface area contributed by atoms with E-state index in [1.165, 1.54) is 0 Å². The lowest BCUT2D eigenvalue weighted by Gasteiger charge is -2.28. The van der Waals surface area contributed by atoms with Crippen molar-refractivity contribution in [3.8, 4) is 0 Å². The lowest BCUT2D eigenvalue weighted by atomic mass is 10.1. The highest BCUT2D eigenvalue weighted by Crippen LogP contribution is 2.04. The second-order valence-electron chi connectivity index (χ2n) is 4.04. The van der Waals surface area contributed by atoms with Crippen LogP contribution in [0.15, 0.2) is 30.3 Å². The molecule has 1 aliphatic heterocycles. The molecule has 0 unspecified atom stereocenters. The molecule has 2 rings (SSSR count). The Kier molecular flexibility index (Phi) is 3.54. The molecule has 86 valence electrons. The predicted octanol–water partition coefficient (Wildman–Crippen LogP) is 0.0714. The van der Waals surface area contributed by atoms with E-state index in [0.29, 0.717) is 19.6 Å². The lowest BCUT2D eigenvalue weighted by Crippen LogP contribution is -2.53. The fourth-order valence-electron chi connectivity index (χ4n) is 1.59. The van der Waals surface area contributed by atoms with E-state index in [1.807, 2.05) is 30.3 Å². The van der Waals surface area contributed by atoms with Crippen molar-refractivity contribution in [3.63, 3.8) is 0 Å². The van der Waals surface area contributed by atoms with Gasteiger partial charge in [0.15, 0.2) is 0 Å². The fraction of sp³-hybridized carbons (Fsp3) is 0.417. The monoisotopic (exact) mass is 220 g/mol. The maximum atomic E-state index is 11.7. The van der Waals surface area contributed by atoms with Crippen molar-refractivity contribution in [2.45, 2.75) is 18.5 Å². The minimum atomic E-state index is -0.483. The number of nitrogens with two attached hydrogens (primary N) is 1. The number of carbonyl (C=O) groups excluding carboxylic acids is 1. The SMILES string of the molecule is N[C@@H](Cc1ccccc1)C(=O)NC1COC1. The zero-order chi connectivity index (χ0) is 11.4. The van der Waals surface area contributed by atoms with Crippen LogP contribution < -0.4 is 11.1 Å². The maximum absolute atomic E-state index is 11.7. The maximum Gasteiger partial charge on any atom is 0.237 e. The molecule has 0 aromatic heterocycles. The first-order chi connectivity index (χ1) is 7.75. The standard InChI is InChI=1S/C12H16N2O2/c13-11(6-9-4-2-1-3-5-9)12(15)14-10-7-16-8-10/h1-5,10-11H,6-8,13H2,(H,14,15)/t11-/m0/s1. The van der Waals surface area contributed by atoms with E-state index in [4.69, 9.17) is 10.5 Å². The number of amides is 1. The van der Waals surface area contributed by atoms with Crippen molar-refractivity contribution in [1.29, 1.82) is 0 Å². The molecule has 1 heterocycles. The van der Waals surface area contributed by atoms with E-state index in [2.05, 4.69) is 5.32 Å². The molecule has 1 aromatic carbocycles. The van der Waals surface area contributed by atoms with E-state index in [-0.39, 0.29) is 11.9 Å². The molecule has 0 radical (unpaired) electrons. The Hall–Kier alpha value is -1.39.